The quantitative estimate of drug-likeness (QED) is 0.563. The maximum Gasteiger partial charge on any atom is 0.253 e. The van der Waals surface area contributed by atoms with E-state index in [-0.39, 0.29) is 15.5 Å². The van der Waals surface area contributed by atoms with E-state index in [1.807, 2.05) is 29.6 Å². The summed E-state index contributed by atoms with van der Waals surface area (Å²) in [5, 5.41) is 5.63. The van der Waals surface area contributed by atoms with Gasteiger partial charge >= 0.3 is 0 Å². The van der Waals surface area contributed by atoms with Gasteiger partial charge in [0, 0.05) is 24.0 Å². The lowest BCUT2D eigenvalue weighted by atomic mass is 10.0. The first kappa shape index (κ1) is 21.8. The van der Waals surface area contributed by atoms with Crippen molar-refractivity contribution in [2.45, 2.75) is 10.9 Å². The number of rotatable bonds is 6. The Hall–Kier alpha value is -1.90. The Morgan fingerprint density at radius 3 is 2.34 bits per heavy atom. The van der Waals surface area contributed by atoms with Gasteiger partial charge in [-0.2, -0.15) is 0 Å². The molecule has 5 nitrogen and oxygen atoms in total. The molecule has 0 aliphatic carbocycles. The highest BCUT2D eigenvalue weighted by atomic mass is 35.5. The minimum Gasteiger partial charge on any atom is -0.340 e. The molecule has 0 saturated carbocycles. The Balaban J connectivity index is 1.97. The van der Waals surface area contributed by atoms with Crippen LogP contribution >= 0.6 is 34.5 Å². The number of nitrogens with zero attached hydrogens (tertiary/aromatic N) is 1. The average molecular weight is 469 g/mol. The smallest absolute Gasteiger partial charge is 0.253 e. The molecule has 0 bridgehead atoms. The molecule has 1 N–H and O–H groups in total. The van der Waals surface area contributed by atoms with Gasteiger partial charge in [0.25, 0.3) is 5.91 Å². The SMILES string of the molecule is CN(C)S(=O)(=O)c1ccc(Cl)c(C(=O)NC(c2ccc(Cl)cc2)c2cccs2)c1. The molecule has 3 aromatic rings. The Labute approximate surface area is 183 Å². The predicted octanol–water partition coefficient (Wildman–Crippen LogP) is 4.82. The largest absolute Gasteiger partial charge is 0.340 e. The van der Waals surface area contributed by atoms with Gasteiger partial charge < -0.3 is 5.32 Å². The first-order chi connectivity index (χ1) is 13.7. The molecular formula is C20H18Cl2N2O3S2. The molecule has 29 heavy (non-hydrogen) atoms. The summed E-state index contributed by atoms with van der Waals surface area (Å²) in [5.41, 5.74) is 0.934. The maximum atomic E-state index is 13.0. The second-order valence-corrected chi connectivity index (χ2v) is 10.4. The molecule has 1 unspecified atom stereocenters. The van der Waals surface area contributed by atoms with E-state index >= 15 is 0 Å². The Kier molecular flexibility index (Phi) is 6.65. The van der Waals surface area contributed by atoms with Gasteiger partial charge in [0.1, 0.15) is 0 Å². The standard InChI is InChI=1S/C20H18Cl2N2O3S2/c1-24(2)29(26,27)15-9-10-17(22)16(12-15)20(25)23-19(18-4-3-11-28-18)13-5-7-14(21)8-6-13/h3-12,19H,1-2H3,(H,23,25). The minimum atomic E-state index is -3.70. The summed E-state index contributed by atoms with van der Waals surface area (Å²) in [6, 6.07) is 14.6. The van der Waals surface area contributed by atoms with E-state index in [0.717, 1.165) is 14.7 Å². The second-order valence-electron chi connectivity index (χ2n) is 6.40. The molecule has 152 valence electrons. The predicted molar refractivity (Wildman–Crippen MR) is 117 cm³/mol. The van der Waals surface area contributed by atoms with Crippen LogP contribution < -0.4 is 5.32 Å². The molecule has 1 amide bonds. The fourth-order valence-electron chi connectivity index (χ4n) is 2.69. The summed E-state index contributed by atoms with van der Waals surface area (Å²) in [6.45, 7) is 0. The van der Waals surface area contributed by atoms with Crippen LogP contribution in [0.3, 0.4) is 0 Å². The van der Waals surface area contributed by atoms with E-state index in [0.29, 0.717) is 5.02 Å². The number of sulfonamides is 1. The van der Waals surface area contributed by atoms with Gasteiger partial charge in [0.15, 0.2) is 0 Å². The van der Waals surface area contributed by atoms with Crippen molar-refractivity contribution in [1.82, 2.24) is 9.62 Å². The van der Waals surface area contributed by atoms with Crippen molar-refractivity contribution < 1.29 is 13.2 Å². The van der Waals surface area contributed by atoms with Crippen molar-refractivity contribution in [2.75, 3.05) is 14.1 Å². The number of benzene rings is 2. The Morgan fingerprint density at radius 1 is 1.07 bits per heavy atom. The molecule has 0 radical (unpaired) electrons. The summed E-state index contributed by atoms with van der Waals surface area (Å²) in [7, 11) is -0.841. The lowest BCUT2D eigenvalue weighted by Gasteiger charge is -2.19. The molecule has 2 aromatic carbocycles. The average Bonchev–Trinajstić information content (AvgIpc) is 3.21. The zero-order valence-corrected chi connectivity index (χ0v) is 18.7. The van der Waals surface area contributed by atoms with Gasteiger partial charge in [0.2, 0.25) is 10.0 Å². The number of hydrogen-bond acceptors (Lipinski definition) is 4. The number of carbonyl (C=O) groups is 1. The van der Waals surface area contributed by atoms with Crippen molar-refractivity contribution >= 4 is 50.5 Å². The van der Waals surface area contributed by atoms with Gasteiger partial charge in [-0.3, -0.25) is 4.79 Å². The zero-order valence-electron chi connectivity index (χ0n) is 15.6. The van der Waals surface area contributed by atoms with Crippen LogP contribution in [0.2, 0.25) is 10.0 Å². The third-order valence-corrected chi connectivity index (χ3v) is 7.60. The molecule has 9 heteroatoms. The van der Waals surface area contributed by atoms with Crippen LogP contribution in [0.4, 0.5) is 0 Å². The number of nitrogens with one attached hydrogen (secondary N) is 1. The molecular weight excluding hydrogens is 451 g/mol. The topological polar surface area (TPSA) is 66.5 Å². The van der Waals surface area contributed by atoms with Gasteiger partial charge in [0.05, 0.1) is 21.5 Å². The Bertz CT molecular complexity index is 1110. The molecule has 0 aliphatic heterocycles. The number of carbonyl (C=O) groups excluding carboxylic acids is 1. The van der Waals surface area contributed by atoms with Crippen LogP contribution in [0.1, 0.15) is 26.8 Å². The van der Waals surface area contributed by atoms with Crippen molar-refractivity contribution in [3.63, 3.8) is 0 Å². The Morgan fingerprint density at radius 2 is 1.76 bits per heavy atom. The van der Waals surface area contributed by atoms with Gasteiger partial charge in [-0.25, -0.2) is 12.7 Å². The van der Waals surface area contributed by atoms with Crippen molar-refractivity contribution in [3.05, 3.63) is 86.0 Å². The highest BCUT2D eigenvalue weighted by molar-refractivity contribution is 7.89. The van der Waals surface area contributed by atoms with E-state index in [1.54, 1.807) is 12.1 Å². The van der Waals surface area contributed by atoms with Crippen LogP contribution in [0.25, 0.3) is 0 Å². The molecule has 0 saturated heterocycles. The molecule has 0 aliphatic rings. The van der Waals surface area contributed by atoms with Gasteiger partial charge in [-0.05, 0) is 47.3 Å². The lowest BCUT2D eigenvalue weighted by Crippen LogP contribution is -2.29. The first-order valence-corrected chi connectivity index (χ1v) is 11.6. The highest BCUT2D eigenvalue weighted by Gasteiger charge is 2.23. The van der Waals surface area contributed by atoms with E-state index in [9.17, 15) is 13.2 Å². The normalized spacial score (nSPS) is 12.7. The number of hydrogen-bond donors (Lipinski definition) is 1. The maximum absolute atomic E-state index is 13.0. The van der Waals surface area contributed by atoms with Crippen LogP contribution in [0, 0.1) is 0 Å². The lowest BCUT2D eigenvalue weighted by molar-refractivity contribution is 0.0943. The molecule has 0 fully saturated rings. The third kappa shape index (κ3) is 4.82. The van der Waals surface area contributed by atoms with Crippen LogP contribution in [-0.2, 0) is 10.0 Å². The molecule has 3 rings (SSSR count). The molecule has 1 aromatic heterocycles. The summed E-state index contributed by atoms with van der Waals surface area (Å²) in [4.78, 5) is 14.0. The number of thiophene rings is 1. The summed E-state index contributed by atoms with van der Waals surface area (Å²) < 4.78 is 25.9. The van der Waals surface area contributed by atoms with E-state index in [4.69, 9.17) is 23.2 Å². The monoisotopic (exact) mass is 468 g/mol. The van der Waals surface area contributed by atoms with Crippen LogP contribution in [0.5, 0.6) is 0 Å². The van der Waals surface area contributed by atoms with Gasteiger partial charge in [-0.1, -0.05) is 41.4 Å². The van der Waals surface area contributed by atoms with Gasteiger partial charge in [-0.15, -0.1) is 11.3 Å². The van der Waals surface area contributed by atoms with E-state index < -0.39 is 22.0 Å². The second kappa shape index (κ2) is 8.85. The minimum absolute atomic E-state index is 0.00350. The van der Waals surface area contributed by atoms with Crippen LogP contribution in [-0.4, -0.2) is 32.7 Å². The zero-order chi connectivity index (χ0) is 21.2. The first-order valence-electron chi connectivity index (χ1n) is 8.52. The summed E-state index contributed by atoms with van der Waals surface area (Å²) in [6.07, 6.45) is 0. The number of halogens is 2. The summed E-state index contributed by atoms with van der Waals surface area (Å²) in [5.74, 6) is -0.473. The molecule has 1 atom stereocenters. The van der Waals surface area contributed by atoms with Crippen molar-refractivity contribution in [2.24, 2.45) is 0 Å². The fourth-order valence-corrected chi connectivity index (χ4v) is 4.75. The fraction of sp³-hybridized carbons (Fsp3) is 0.150. The molecule has 1 heterocycles. The highest BCUT2D eigenvalue weighted by Crippen LogP contribution is 2.29. The third-order valence-electron chi connectivity index (χ3n) is 4.27. The summed E-state index contributed by atoms with van der Waals surface area (Å²) >= 11 is 13.7. The van der Waals surface area contributed by atoms with E-state index in [2.05, 4.69) is 5.32 Å². The van der Waals surface area contributed by atoms with Crippen LogP contribution in [0.15, 0.2) is 64.9 Å². The number of amides is 1. The van der Waals surface area contributed by atoms with Crippen molar-refractivity contribution in [1.29, 1.82) is 0 Å². The molecule has 0 spiro atoms. The van der Waals surface area contributed by atoms with E-state index in [1.165, 1.54) is 43.6 Å². The van der Waals surface area contributed by atoms with Crippen molar-refractivity contribution in [3.8, 4) is 0 Å².